The SMILES string of the molecule is COc1cc(C(=O)Nc2ccc(C(=O)N/N=C\c3ccccc3OC(=O)c3sc4cc(Br)ccc4c3Cl)cc2)cc(OC)c1OC. The Morgan fingerprint density at radius 2 is 1.52 bits per heavy atom. The molecule has 234 valence electrons. The van der Waals surface area contributed by atoms with Gasteiger partial charge in [0.15, 0.2) is 11.5 Å². The lowest BCUT2D eigenvalue weighted by Crippen LogP contribution is -2.18. The lowest BCUT2D eigenvalue weighted by atomic mass is 10.1. The largest absolute Gasteiger partial charge is 0.493 e. The third-order valence-corrected chi connectivity index (χ3v) is 8.73. The number of hydrogen-bond donors (Lipinski definition) is 2. The number of hydrazone groups is 1. The van der Waals surface area contributed by atoms with Crippen LogP contribution in [-0.4, -0.2) is 45.3 Å². The van der Waals surface area contributed by atoms with Crippen molar-refractivity contribution >= 4 is 78.6 Å². The van der Waals surface area contributed by atoms with Gasteiger partial charge in [-0.1, -0.05) is 45.7 Å². The highest BCUT2D eigenvalue weighted by Gasteiger charge is 2.21. The van der Waals surface area contributed by atoms with Gasteiger partial charge in [-0.2, -0.15) is 5.10 Å². The minimum absolute atomic E-state index is 0.243. The van der Waals surface area contributed by atoms with E-state index in [-0.39, 0.29) is 16.2 Å². The summed E-state index contributed by atoms with van der Waals surface area (Å²) in [5.74, 6) is -0.213. The maximum atomic E-state index is 13.0. The van der Waals surface area contributed by atoms with Crippen LogP contribution in [0.2, 0.25) is 5.02 Å². The molecule has 0 aliphatic heterocycles. The molecule has 5 rings (SSSR count). The average Bonchev–Trinajstić information content (AvgIpc) is 3.39. The molecule has 0 saturated carbocycles. The number of esters is 1. The fourth-order valence-electron chi connectivity index (χ4n) is 4.34. The van der Waals surface area contributed by atoms with E-state index in [1.807, 2.05) is 18.2 Å². The van der Waals surface area contributed by atoms with E-state index in [1.54, 1.807) is 48.5 Å². The fourth-order valence-corrected chi connectivity index (χ4v) is 6.28. The Balaban J connectivity index is 1.22. The second-order valence-corrected chi connectivity index (χ2v) is 11.8. The first-order chi connectivity index (χ1) is 22.2. The highest BCUT2D eigenvalue weighted by molar-refractivity contribution is 9.10. The summed E-state index contributed by atoms with van der Waals surface area (Å²) in [6.07, 6.45) is 1.37. The van der Waals surface area contributed by atoms with E-state index in [0.717, 1.165) is 14.6 Å². The van der Waals surface area contributed by atoms with Gasteiger partial charge < -0.3 is 24.3 Å². The molecule has 10 nitrogen and oxygen atoms in total. The topological polar surface area (TPSA) is 125 Å². The van der Waals surface area contributed by atoms with Crippen LogP contribution in [0.1, 0.15) is 36.0 Å². The van der Waals surface area contributed by atoms with Crippen LogP contribution in [-0.2, 0) is 0 Å². The monoisotopic (exact) mass is 721 g/mol. The van der Waals surface area contributed by atoms with Crippen LogP contribution in [0.4, 0.5) is 5.69 Å². The predicted octanol–water partition coefficient (Wildman–Crippen LogP) is 7.58. The number of nitrogens with zero attached hydrogens (tertiary/aromatic N) is 1. The molecule has 1 heterocycles. The van der Waals surface area contributed by atoms with Gasteiger partial charge in [0.25, 0.3) is 11.8 Å². The van der Waals surface area contributed by atoms with Gasteiger partial charge in [0.05, 0.1) is 32.6 Å². The predicted molar refractivity (Wildman–Crippen MR) is 181 cm³/mol. The standard InChI is InChI=1S/C33H25BrClN3O7S/c1-42-25-14-20(15-26(43-2)29(25)44-3)31(39)37-22-11-8-18(9-12-22)32(40)38-36-17-19-6-4-5-7-24(19)45-33(41)30-28(35)23-13-10-21(34)16-27(23)46-30/h4-17H,1-3H3,(H,37,39)(H,38,40)/b36-17-. The van der Waals surface area contributed by atoms with E-state index >= 15 is 0 Å². The van der Waals surface area contributed by atoms with Crippen molar-refractivity contribution in [3.8, 4) is 23.0 Å². The van der Waals surface area contributed by atoms with Crippen LogP contribution in [0, 0.1) is 0 Å². The van der Waals surface area contributed by atoms with E-state index in [0.29, 0.717) is 39.1 Å². The summed E-state index contributed by atoms with van der Waals surface area (Å²) in [5.41, 5.74) is 3.96. The second kappa shape index (κ2) is 14.5. The summed E-state index contributed by atoms with van der Waals surface area (Å²) in [5, 5.41) is 7.88. The number of thiophene rings is 1. The number of methoxy groups -OCH3 is 3. The number of ether oxygens (including phenoxy) is 4. The quantitative estimate of drug-likeness (QED) is 0.0659. The lowest BCUT2D eigenvalue weighted by Gasteiger charge is -2.14. The van der Waals surface area contributed by atoms with Crippen molar-refractivity contribution < 1.29 is 33.3 Å². The molecule has 0 bridgehead atoms. The van der Waals surface area contributed by atoms with E-state index in [9.17, 15) is 14.4 Å². The first kappa shape index (κ1) is 32.5. The Morgan fingerprint density at radius 3 is 2.20 bits per heavy atom. The molecule has 0 atom stereocenters. The number of halogens is 2. The Hall–Kier alpha value is -4.91. The highest BCUT2D eigenvalue weighted by atomic mass is 79.9. The fraction of sp³-hybridized carbons (Fsp3) is 0.0909. The maximum Gasteiger partial charge on any atom is 0.355 e. The van der Waals surface area contributed by atoms with Crippen LogP contribution in [0.25, 0.3) is 10.1 Å². The molecule has 0 saturated heterocycles. The van der Waals surface area contributed by atoms with Gasteiger partial charge in [-0.15, -0.1) is 11.3 Å². The summed E-state index contributed by atoms with van der Waals surface area (Å²) < 4.78 is 23.3. The molecule has 2 N–H and O–H groups in total. The number of carbonyl (C=O) groups excluding carboxylic acids is 3. The van der Waals surface area contributed by atoms with Gasteiger partial charge in [0.2, 0.25) is 5.75 Å². The van der Waals surface area contributed by atoms with Gasteiger partial charge in [0, 0.05) is 36.9 Å². The number of anilines is 1. The number of carbonyl (C=O) groups is 3. The van der Waals surface area contributed by atoms with Crippen molar-refractivity contribution in [1.29, 1.82) is 0 Å². The molecular formula is C33H25BrClN3O7S. The molecule has 0 aliphatic rings. The summed E-state index contributed by atoms with van der Waals surface area (Å²) >= 11 is 11.1. The first-order valence-electron chi connectivity index (χ1n) is 13.5. The molecule has 2 amide bonds. The van der Waals surface area contributed by atoms with Gasteiger partial charge in [-0.05, 0) is 60.7 Å². The van der Waals surface area contributed by atoms with Crippen molar-refractivity contribution in [2.75, 3.05) is 26.6 Å². The molecule has 0 aliphatic carbocycles. The third kappa shape index (κ3) is 7.15. The van der Waals surface area contributed by atoms with Crippen molar-refractivity contribution in [3.63, 3.8) is 0 Å². The summed E-state index contributed by atoms with van der Waals surface area (Å²) in [4.78, 5) is 38.9. The summed E-state index contributed by atoms with van der Waals surface area (Å²) in [7, 11) is 4.40. The smallest absolute Gasteiger partial charge is 0.355 e. The molecule has 0 fully saturated rings. The van der Waals surface area contributed by atoms with Crippen molar-refractivity contribution in [2.24, 2.45) is 5.10 Å². The van der Waals surface area contributed by atoms with E-state index in [4.69, 9.17) is 30.5 Å². The van der Waals surface area contributed by atoms with Crippen molar-refractivity contribution in [2.45, 2.75) is 0 Å². The molecule has 0 spiro atoms. The number of benzene rings is 4. The minimum Gasteiger partial charge on any atom is -0.493 e. The Labute approximate surface area is 281 Å². The summed E-state index contributed by atoms with van der Waals surface area (Å²) in [6, 6.07) is 21.6. The van der Waals surface area contributed by atoms with Crippen molar-refractivity contribution in [3.05, 3.63) is 110 Å². The maximum absolute atomic E-state index is 13.0. The van der Waals surface area contributed by atoms with Crippen molar-refractivity contribution in [1.82, 2.24) is 5.43 Å². The van der Waals surface area contributed by atoms with Crippen LogP contribution < -0.4 is 29.7 Å². The molecule has 0 unspecified atom stereocenters. The van der Waals surface area contributed by atoms with Gasteiger partial charge in [-0.25, -0.2) is 10.2 Å². The molecule has 1 aromatic heterocycles. The number of nitrogens with one attached hydrogen (secondary N) is 2. The third-order valence-electron chi connectivity index (χ3n) is 6.60. The number of hydrogen-bond acceptors (Lipinski definition) is 9. The Morgan fingerprint density at radius 1 is 0.826 bits per heavy atom. The second-order valence-electron chi connectivity index (χ2n) is 9.46. The number of amides is 2. The number of rotatable bonds is 10. The molecule has 4 aromatic carbocycles. The normalized spacial score (nSPS) is 10.9. The van der Waals surface area contributed by atoms with Crippen LogP contribution in [0.15, 0.2) is 88.4 Å². The molecule has 5 aromatic rings. The van der Waals surface area contributed by atoms with E-state index in [1.165, 1.54) is 51.0 Å². The minimum atomic E-state index is -0.607. The molecular weight excluding hydrogens is 698 g/mol. The van der Waals surface area contributed by atoms with Gasteiger partial charge in [-0.3, -0.25) is 9.59 Å². The Bertz CT molecular complexity index is 1950. The first-order valence-corrected chi connectivity index (χ1v) is 15.4. The zero-order valence-corrected chi connectivity index (χ0v) is 27.7. The van der Waals surface area contributed by atoms with Crippen LogP contribution in [0.3, 0.4) is 0 Å². The van der Waals surface area contributed by atoms with Crippen LogP contribution >= 0.6 is 38.9 Å². The van der Waals surface area contributed by atoms with Gasteiger partial charge >= 0.3 is 5.97 Å². The van der Waals surface area contributed by atoms with E-state index < -0.39 is 17.8 Å². The lowest BCUT2D eigenvalue weighted by molar-refractivity contribution is 0.0739. The molecule has 0 radical (unpaired) electrons. The average molecular weight is 723 g/mol. The van der Waals surface area contributed by atoms with E-state index in [2.05, 4.69) is 31.8 Å². The zero-order valence-electron chi connectivity index (χ0n) is 24.6. The van der Waals surface area contributed by atoms with Crippen LogP contribution in [0.5, 0.6) is 23.0 Å². The number of fused-ring (bicyclic) bond motifs is 1. The van der Waals surface area contributed by atoms with Gasteiger partial charge in [0.1, 0.15) is 10.6 Å². The summed E-state index contributed by atoms with van der Waals surface area (Å²) in [6.45, 7) is 0. The molecule has 13 heteroatoms. The number of para-hydroxylation sites is 1. The zero-order chi connectivity index (χ0) is 32.8. The Kier molecular flexibility index (Phi) is 10.2. The highest BCUT2D eigenvalue weighted by Crippen LogP contribution is 2.39. The molecule has 46 heavy (non-hydrogen) atoms.